The van der Waals surface area contributed by atoms with E-state index in [1.54, 1.807) is 0 Å². The van der Waals surface area contributed by atoms with Gasteiger partial charge in [0, 0.05) is 56.6 Å². The molecule has 1 unspecified atom stereocenters. The second-order valence-electron chi connectivity index (χ2n) is 7.15. The zero-order valence-corrected chi connectivity index (χ0v) is 15.3. The highest BCUT2D eigenvalue weighted by Gasteiger charge is 2.26. The van der Waals surface area contributed by atoms with E-state index in [9.17, 15) is 4.79 Å². The molecule has 6 nitrogen and oxygen atoms in total. The van der Waals surface area contributed by atoms with Gasteiger partial charge in [0.05, 0.1) is 18.9 Å². The second-order valence-corrected chi connectivity index (χ2v) is 7.15. The van der Waals surface area contributed by atoms with Crippen molar-refractivity contribution in [3.8, 4) is 0 Å². The molecule has 4 rings (SSSR count). The third-order valence-electron chi connectivity index (χ3n) is 5.35. The number of carbonyl (C=O) groups excluding carboxylic acids is 1. The molecule has 1 aromatic heterocycles. The third kappa shape index (κ3) is 3.60. The highest BCUT2D eigenvalue weighted by Crippen LogP contribution is 2.27. The number of hydrogen-bond acceptors (Lipinski definition) is 4. The van der Waals surface area contributed by atoms with Gasteiger partial charge in [-0.05, 0) is 43.2 Å². The van der Waals surface area contributed by atoms with Gasteiger partial charge >= 0.3 is 0 Å². The number of nitrogens with zero attached hydrogens (tertiary/aromatic N) is 4. The first kappa shape index (κ1) is 17.1. The van der Waals surface area contributed by atoms with Crippen molar-refractivity contribution >= 4 is 11.6 Å². The first-order valence-electron chi connectivity index (χ1n) is 9.42. The Labute approximate surface area is 154 Å². The van der Waals surface area contributed by atoms with Crippen molar-refractivity contribution in [2.45, 2.75) is 18.8 Å². The lowest BCUT2D eigenvalue weighted by molar-refractivity contribution is 0.0705. The molecule has 26 heavy (non-hydrogen) atoms. The average molecular weight is 354 g/mol. The van der Waals surface area contributed by atoms with Gasteiger partial charge < -0.3 is 14.5 Å². The zero-order valence-electron chi connectivity index (χ0n) is 15.3. The van der Waals surface area contributed by atoms with Crippen LogP contribution in [0, 0.1) is 0 Å². The number of piperidine rings is 1. The minimum atomic E-state index is 0.124. The SMILES string of the molecule is Cn1ccc(C2CCCN(C(=O)c3ccc(N4CCOCC4)cc3)C2)n1. The standard InChI is InChI=1S/C20H26N4O2/c1-22-10-8-19(21-22)17-3-2-9-24(15-17)20(25)16-4-6-18(7-5-16)23-11-13-26-14-12-23/h4-8,10,17H,2-3,9,11-15H2,1H3. The third-order valence-corrected chi connectivity index (χ3v) is 5.35. The van der Waals surface area contributed by atoms with E-state index in [0.717, 1.165) is 69.2 Å². The predicted molar refractivity (Wildman–Crippen MR) is 101 cm³/mol. The Hall–Kier alpha value is -2.34. The molecule has 3 heterocycles. The molecule has 1 atom stereocenters. The molecule has 2 fully saturated rings. The summed E-state index contributed by atoms with van der Waals surface area (Å²) in [5.74, 6) is 0.459. The van der Waals surface area contributed by atoms with Crippen molar-refractivity contribution in [1.29, 1.82) is 0 Å². The summed E-state index contributed by atoms with van der Waals surface area (Å²) in [7, 11) is 1.94. The molecule has 1 amide bonds. The number of anilines is 1. The molecule has 0 saturated carbocycles. The van der Waals surface area contributed by atoms with Crippen molar-refractivity contribution in [2.75, 3.05) is 44.3 Å². The maximum Gasteiger partial charge on any atom is 0.253 e. The molecular formula is C20H26N4O2. The molecule has 2 saturated heterocycles. The van der Waals surface area contributed by atoms with E-state index >= 15 is 0 Å². The van der Waals surface area contributed by atoms with Crippen molar-refractivity contribution in [3.05, 3.63) is 47.8 Å². The molecule has 0 bridgehead atoms. The Kier molecular flexibility index (Phi) is 4.93. The van der Waals surface area contributed by atoms with Gasteiger partial charge in [-0.15, -0.1) is 0 Å². The van der Waals surface area contributed by atoms with E-state index < -0.39 is 0 Å². The number of ether oxygens (including phenoxy) is 1. The number of aryl methyl sites for hydroxylation is 1. The smallest absolute Gasteiger partial charge is 0.253 e. The van der Waals surface area contributed by atoms with Gasteiger partial charge in [0.1, 0.15) is 0 Å². The largest absolute Gasteiger partial charge is 0.378 e. The Morgan fingerprint density at radius 1 is 1.12 bits per heavy atom. The fraction of sp³-hybridized carbons (Fsp3) is 0.500. The summed E-state index contributed by atoms with van der Waals surface area (Å²) in [5.41, 5.74) is 3.02. The van der Waals surface area contributed by atoms with Crippen LogP contribution < -0.4 is 4.90 Å². The van der Waals surface area contributed by atoms with Gasteiger partial charge in [-0.2, -0.15) is 5.10 Å². The highest BCUT2D eigenvalue weighted by atomic mass is 16.5. The fourth-order valence-electron chi connectivity index (χ4n) is 3.87. The van der Waals surface area contributed by atoms with E-state index in [4.69, 9.17) is 4.74 Å². The monoisotopic (exact) mass is 354 g/mol. The van der Waals surface area contributed by atoms with Gasteiger partial charge in [0.15, 0.2) is 0 Å². The van der Waals surface area contributed by atoms with E-state index in [2.05, 4.69) is 28.2 Å². The van der Waals surface area contributed by atoms with Crippen LogP contribution >= 0.6 is 0 Å². The topological polar surface area (TPSA) is 50.6 Å². The molecule has 0 N–H and O–H groups in total. The molecule has 2 aromatic rings. The molecule has 0 radical (unpaired) electrons. The van der Waals surface area contributed by atoms with Crippen LogP contribution in [0.25, 0.3) is 0 Å². The average Bonchev–Trinajstić information content (AvgIpc) is 3.15. The number of likely N-dealkylation sites (tertiary alicyclic amines) is 1. The zero-order chi connectivity index (χ0) is 17.9. The van der Waals surface area contributed by atoms with Crippen molar-refractivity contribution in [3.63, 3.8) is 0 Å². The lowest BCUT2D eigenvalue weighted by atomic mass is 9.94. The maximum atomic E-state index is 12.9. The number of hydrogen-bond donors (Lipinski definition) is 0. The summed E-state index contributed by atoms with van der Waals surface area (Å²) < 4.78 is 7.24. The minimum absolute atomic E-state index is 0.124. The molecule has 0 aliphatic carbocycles. The molecule has 2 aliphatic heterocycles. The van der Waals surface area contributed by atoms with Gasteiger partial charge in [-0.1, -0.05) is 0 Å². The fourth-order valence-corrected chi connectivity index (χ4v) is 3.87. The van der Waals surface area contributed by atoms with Gasteiger partial charge in [0.2, 0.25) is 0 Å². The van der Waals surface area contributed by atoms with Crippen LogP contribution in [0.15, 0.2) is 36.5 Å². The van der Waals surface area contributed by atoms with Gasteiger partial charge in [-0.3, -0.25) is 9.48 Å². The van der Waals surface area contributed by atoms with E-state index in [0.29, 0.717) is 5.92 Å². The van der Waals surface area contributed by atoms with Crippen LogP contribution in [0.5, 0.6) is 0 Å². The predicted octanol–water partition coefficient (Wildman–Crippen LogP) is 2.28. The van der Waals surface area contributed by atoms with Crippen LogP contribution in [-0.4, -0.2) is 60.0 Å². The summed E-state index contributed by atoms with van der Waals surface area (Å²) in [4.78, 5) is 17.2. The summed E-state index contributed by atoms with van der Waals surface area (Å²) >= 11 is 0. The molecule has 0 spiro atoms. The van der Waals surface area contributed by atoms with Gasteiger partial charge in [-0.25, -0.2) is 0 Å². The van der Waals surface area contributed by atoms with Crippen LogP contribution in [0.3, 0.4) is 0 Å². The summed E-state index contributed by atoms with van der Waals surface area (Å²) in [6.45, 7) is 4.93. The second kappa shape index (κ2) is 7.50. The Bertz CT molecular complexity index is 749. The number of aromatic nitrogens is 2. The first-order chi connectivity index (χ1) is 12.7. The van der Waals surface area contributed by atoms with Crippen LogP contribution in [0.4, 0.5) is 5.69 Å². The highest BCUT2D eigenvalue weighted by molar-refractivity contribution is 5.94. The Morgan fingerprint density at radius 3 is 2.58 bits per heavy atom. The quantitative estimate of drug-likeness (QED) is 0.849. The molecule has 2 aliphatic rings. The van der Waals surface area contributed by atoms with Crippen molar-refractivity contribution in [2.24, 2.45) is 7.05 Å². The summed E-state index contributed by atoms with van der Waals surface area (Å²) in [5, 5.41) is 4.53. The van der Waals surface area contributed by atoms with E-state index in [1.807, 2.05) is 35.0 Å². The molecule has 6 heteroatoms. The number of benzene rings is 1. The molecule has 138 valence electrons. The Morgan fingerprint density at radius 2 is 1.88 bits per heavy atom. The minimum Gasteiger partial charge on any atom is -0.378 e. The van der Waals surface area contributed by atoms with Crippen LogP contribution in [0.1, 0.15) is 34.8 Å². The van der Waals surface area contributed by atoms with Gasteiger partial charge in [0.25, 0.3) is 5.91 Å². The Balaban J connectivity index is 1.43. The lowest BCUT2D eigenvalue weighted by Gasteiger charge is -2.32. The number of carbonyl (C=O) groups is 1. The van der Waals surface area contributed by atoms with Crippen molar-refractivity contribution < 1.29 is 9.53 Å². The lowest BCUT2D eigenvalue weighted by Crippen LogP contribution is -2.39. The molecular weight excluding hydrogens is 328 g/mol. The van der Waals surface area contributed by atoms with Crippen LogP contribution in [-0.2, 0) is 11.8 Å². The number of amides is 1. The summed E-state index contributed by atoms with van der Waals surface area (Å²) in [6.07, 6.45) is 4.09. The van der Waals surface area contributed by atoms with Crippen LogP contribution in [0.2, 0.25) is 0 Å². The normalized spacial score (nSPS) is 21.0. The summed E-state index contributed by atoms with van der Waals surface area (Å²) in [6, 6.07) is 10.1. The van der Waals surface area contributed by atoms with E-state index in [1.165, 1.54) is 0 Å². The number of morpholine rings is 1. The maximum absolute atomic E-state index is 12.9. The first-order valence-corrected chi connectivity index (χ1v) is 9.42. The van der Waals surface area contributed by atoms with Crippen molar-refractivity contribution in [1.82, 2.24) is 14.7 Å². The number of rotatable bonds is 3. The molecule has 1 aromatic carbocycles. The van der Waals surface area contributed by atoms with E-state index in [-0.39, 0.29) is 5.91 Å².